The van der Waals surface area contributed by atoms with Gasteiger partial charge in [-0.25, -0.2) is 0 Å². The monoisotopic (exact) mass is 247 g/mol. The van der Waals surface area contributed by atoms with Crippen LogP contribution in [-0.4, -0.2) is 50.6 Å². The number of nitrogens with zero attached hydrogens (tertiary/aromatic N) is 2. The molecule has 1 aliphatic heterocycles. The molecule has 1 aromatic carbocycles. The number of likely N-dealkylation sites (N-methyl/N-ethyl adjacent to an activating group) is 1. The number of anilines is 1. The zero-order valence-electron chi connectivity index (χ0n) is 11.1. The van der Waals surface area contributed by atoms with Crippen LogP contribution in [0.3, 0.4) is 0 Å². The molecule has 1 N–H and O–H groups in total. The topological polar surface area (TPSA) is 35.6 Å². The van der Waals surface area contributed by atoms with E-state index in [4.69, 9.17) is 0 Å². The van der Waals surface area contributed by atoms with Gasteiger partial charge in [-0.05, 0) is 26.1 Å². The van der Waals surface area contributed by atoms with E-state index in [-0.39, 0.29) is 5.91 Å². The quantitative estimate of drug-likeness (QED) is 0.860. The predicted octanol–water partition coefficient (Wildman–Crippen LogP) is 0.863. The van der Waals surface area contributed by atoms with E-state index in [1.165, 1.54) is 11.3 Å². The summed E-state index contributed by atoms with van der Waals surface area (Å²) in [6.45, 7) is 5.99. The van der Waals surface area contributed by atoms with E-state index in [2.05, 4.69) is 41.4 Å². The minimum absolute atomic E-state index is 0.195. The number of nitrogens with one attached hydrogen (secondary N) is 1. The highest BCUT2D eigenvalue weighted by atomic mass is 16.2. The van der Waals surface area contributed by atoms with Gasteiger partial charge in [-0.2, -0.15) is 0 Å². The molecule has 0 bridgehead atoms. The Morgan fingerprint density at radius 2 is 1.78 bits per heavy atom. The Balaban J connectivity index is 1.90. The molecule has 0 atom stereocenters. The van der Waals surface area contributed by atoms with E-state index in [0.29, 0.717) is 6.54 Å². The fourth-order valence-electron chi connectivity index (χ4n) is 2.23. The van der Waals surface area contributed by atoms with Gasteiger partial charge in [-0.3, -0.25) is 4.79 Å². The molecule has 0 radical (unpaired) electrons. The number of carbonyl (C=O) groups is 1. The number of piperazine rings is 1. The molecule has 18 heavy (non-hydrogen) atoms. The second-order valence-electron chi connectivity index (χ2n) is 4.73. The van der Waals surface area contributed by atoms with Crippen LogP contribution >= 0.6 is 0 Å². The molecule has 0 aliphatic carbocycles. The zero-order valence-corrected chi connectivity index (χ0v) is 11.1. The molecule has 1 fully saturated rings. The Morgan fingerprint density at radius 1 is 1.17 bits per heavy atom. The van der Waals surface area contributed by atoms with E-state index in [0.717, 1.165) is 26.2 Å². The Morgan fingerprint density at radius 3 is 2.33 bits per heavy atom. The smallest absolute Gasteiger partial charge is 0.236 e. The minimum Gasteiger partial charge on any atom is -0.368 e. The summed E-state index contributed by atoms with van der Waals surface area (Å²) in [7, 11) is 1.81. The molecule has 0 spiro atoms. The fourth-order valence-corrected chi connectivity index (χ4v) is 2.23. The third-order valence-corrected chi connectivity index (χ3v) is 3.36. The summed E-state index contributed by atoms with van der Waals surface area (Å²) in [6.07, 6.45) is 0. The van der Waals surface area contributed by atoms with Gasteiger partial charge in [0.05, 0.1) is 6.54 Å². The highest BCUT2D eigenvalue weighted by molar-refractivity contribution is 5.78. The minimum atomic E-state index is 0.195. The molecule has 1 aliphatic rings. The van der Waals surface area contributed by atoms with Gasteiger partial charge in [0.1, 0.15) is 0 Å². The van der Waals surface area contributed by atoms with Crippen molar-refractivity contribution in [3.05, 3.63) is 29.8 Å². The van der Waals surface area contributed by atoms with Crippen molar-refractivity contribution in [3.8, 4) is 0 Å². The van der Waals surface area contributed by atoms with E-state index in [9.17, 15) is 4.79 Å². The standard InChI is InChI=1S/C14H21N3O/c1-12-3-5-13(6-4-12)16-7-9-17(10-8-16)14(18)11-15-2/h3-6,15H,7-11H2,1-2H3. The summed E-state index contributed by atoms with van der Waals surface area (Å²) >= 11 is 0. The third kappa shape index (κ3) is 3.01. The van der Waals surface area contributed by atoms with Gasteiger partial charge >= 0.3 is 0 Å². The first kappa shape index (κ1) is 12.9. The summed E-state index contributed by atoms with van der Waals surface area (Å²) in [5, 5.41) is 2.91. The van der Waals surface area contributed by atoms with Crippen LogP contribution < -0.4 is 10.2 Å². The SMILES string of the molecule is CNCC(=O)N1CCN(c2ccc(C)cc2)CC1. The van der Waals surface area contributed by atoms with E-state index >= 15 is 0 Å². The Hall–Kier alpha value is -1.55. The summed E-state index contributed by atoms with van der Waals surface area (Å²) < 4.78 is 0. The maximum Gasteiger partial charge on any atom is 0.236 e. The molecular weight excluding hydrogens is 226 g/mol. The normalized spacial score (nSPS) is 15.9. The Bertz CT molecular complexity index is 394. The number of benzene rings is 1. The van der Waals surface area contributed by atoms with Crippen molar-refractivity contribution in [2.24, 2.45) is 0 Å². The molecule has 0 unspecified atom stereocenters. The van der Waals surface area contributed by atoms with E-state index < -0.39 is 0 Å². The van der Waals surface area contributed by atoms with Crippen LogP contribution in [0.15, 0.2) is 24.3 Å². The molecule has 1 heterocycles. The van der Waals surface area contributed by atoms with Crippen molar-refractivity contribution in [3.63, 3.8) is 0 Å². The maximum atomic E-state index is 11.7. The molecule has 4 heteroatoms. The molecule has 2 rings (SSSR count). The number of amides is 1. The largest absolute Gasteiger partial charge is 0.368 e. The molecule has 1 aromatic rings. The first-order valence-corrected chi connectivity index (χ1v) is 6.44. The maximum absolute atomic E-state index is 11.7. The Kier molecular flexibility index (Phi) is 4.20. The van der Waals surface area contributed by atoms with Crippen molar-refractivity contribution in [2.45, 2.75) is 6.92 Å². The second kappa shape index (κ2) is 5.87. The molecule has 1 saturated heterocycles. The summed E-state index contributed by atoms with van der Waals surface area (Å²) in [5.74, 6) is 0.195. The van der Waals surface area contributed by atoms with Crippen molar-refractivity contribution in [1.29, 1.82) is 0 Å². The predicted molar refractivity (Wildman–Crippen MR) is 73.9 cm³/mol. The van der Waals surface area contributed by atoms with Crippen LogP contribution in [0.25, 0.3) is 0 Å². The van der Waals surface area contributed by atoms with E-state index in [1.807, 2.05) is 4.90 Å². The van der Waals surface area contributed by atoms with Gasteiger partial charge in [0.2, 0.25) is 5.91 Å². The lowest BCUT2D eigenvalue weighted by Crippen LogP contribution is -2.50. The molecular formula is C14H21N3O. The first-order chi connectivity index (χ1) is 8.70. The highest BCUT2D eigenvalue weighted by Gasteiger charge is 2.20. The summed E-state index contributed by atoms with van der Waals surface area (Å²) in [6, 6.07) is 8.57. The average molecular weight is 247 g/mol. The van der Waals surface area contributed by atoms with Gasteiger partial charge < -0.3 is 15.1 Å². The number of aryl methyl sites for hydroxylation is 1. The average Bonchev–Trinajstić information content (AvgIpc) is 2.40. The lowest BCUT2D eigenvalue weighted by atomic mass is 10.2. The second-order valence-corrected chi connectivity index (χ2v) is 4.73. The van der Waals surface area contributed by atoms with E-state index in [1.54, 1.807) is 7.05 Å². The number of hydrogen-bond donors (Lipinski definition) is 1. The molecule has 0 saturated carbocycles. The lowest BCUT2D eigenvalue weighted by Gasteiger charge is -2.36. The van der Waals surface area contributed by atoms with Crippen molar-refractivity contribution >= 4 is 11.6 Å². The highest BCUT2D eigenvalue weighted by Crippen LogP contribution is 2.16. The van der Waals surface area contributed by atoms with Crippen molar-refractivity contribution in [2.75, 3.05) is 44.7 Å². The fraction of sp³-hybridized carbons (Fsp3) is 0.500. The number of hydrogen-bond acceptors (Lipinski definition) is 3. The van der Waals surface area contributed by atoms with Gasteiger partial charge in [-0.15, -0.1) is 0 Å². The van der Waals surface area contributed by atoms with Crippen LogP contribution in [0.2, 0.25) is 0 Å². The van der Waals surface area contributed by atoms with Gasteiger partial charge in [-0.1, -0.05) is 17.7 Å². The number of rotatable bonds is 3. The van der Waals surface area contributed by atoms with Crippen molar-refractivity contribution in [1.82, 2.24) is 10.2 Å². The van der Waals surface area contributed by atoms with Crippen LogP contribution in [0.1, 0.15) is 5.56 Å². The zero-order chi connectivity index (χ0) is 13.0. The van der Waals surface area contributed by atoms with Gasteiger partial charge in [0.15, 0.2) is 0 Å². The molecule has 0 aromatic heterocycles. The van der Waals surface area contributed by atoms with Gasteiger partial charge in [0, 0.05) is 31.9 Å². The van der Waals surface area contributed by atoms with Crippen LogP contribution in [0.4, 0.5) is 5.69 Å². The lowest BCUT2D eigenvalue weighted by molar-refractivity contribution is -0.130. The summed E-state index contributed by atoms with van der Waals surface area (Å²) in [5.41, 5.74) is 2.53. The Labute approximate surface area is 109 Å². The third-order valence-electron chi connectivity index (χ3n) is 3.36. The van der Waals surface area contributed by atoms with Crippen LogP contribution in [0.5, 0.6) is 0 Å². The number of carbonyl (C=O) groups excluding carboxylic acids is 1. The van der Waals surface area contributed by atoms with Crippen molar-refractivity contribution < 1.29 is 4.79 Å². The first-order valence-electron chi connectivity index (χ1n) is 6.44. The molecule has 98 valence electrons. The molecule has 4 nitrogen and oxygen atoms in total. The summed E-state index contributed by atoms with van der Waals surface area (Å²) in [4.78, 5) is 16.0. The van der Waals surface area contributed by atoms with Crippen LogP contribution in [-0.2, 0) is 4.79 Å². The molecule has 1 amide bonds. The van der Waals surface area contributed by atoms with Gasteiger partial charge in [0.25, 0.3) is 0 Å². The van der Waals surface area contributed by atoms with Crippen LogP contribution in [0, 0.1) is 6.92 Å².